The van der Waals surface area contributed by atoms with Gasteiger partial charge in [0, 0.05) is 5.56 Å². The molecular formula is C19H21ClO4. The fraction of sp³-hybridized carbons (Fsp3) is 0.316. The summed E-state index contributed by atoms with van der Waals surface area (Å²) in [7, 11) is 0. The minimum atomic E-state index is -1.25. The van der Waals surface area contributed by atoms with Gasteiger partial charge in [-0.05, 0) is 44.0 Å². The first kappa shape index (κ1) is 18.5. The van der Waals surface area contributed by atoms with E-state index in [1.165, 1.54) is 0 Å². The van der Waals surface area contributed by atoms with Gasteiger partial charge in [0.15, 0.2) is 5.78 Å². The highest BCUT2D eigenvalue weighted by Gasteiger charge is 2.23. The molecule has 24 heavy (non-hydrogen) atoms. The number of hydrogen-bond donors (Lipinski definition) is 2. The number of carbonyl (C=O) groups excluding carboxylic acids is 1. The number of hydrogen-bond acceptors (Lipinski definition) is 4. The maximum Gasteiger partial charge on any atom is 0.196 e. The molecule has 0 aromatic heterocycles. The van der Waals surface area contributed by atoms with Gasteiger partial charge in [-0.25, -0.2) is 0 Å². The van der Waals surface area contributed by atoms with Crippen LogP contribution < -0.4 is 4.74 Å². The Morgan fingerprint density at radius 3 is 2.42 bits per heavy atom. The van der Waals surface area contributed by atoms with Crippen molar-refractivity contribution in [1.82, 2.24) is 0 Å². The summed E-state index contributed by atoms with van der Waals surface area (Å²) in [5, 5.41) is 20.3. The lowest BCUT2D eigenvalue weighted by Crippen LogP contribution is -2.28. The lowest BCUT2D eigenvalue weighted by atomic mass is 9.96. The summed E-state index contributed by atoms with van der Waals surface area (Å²) < 4.78 is 5.51. The summed E-state index contributed by atoms with van der Waals surface area (Å²) in [5.41, 5.74) is 0.409. The molecule has 4 nitrogen and oxygen atoms in total. The number of benzene rings is 2. The Morgan fingerprint density at radius 2 is 1.83 bits per heavy atom. The maximum absolute atomic E-state index is 12.6. The second-order valence-electron chi connectivity index (χ2n) is 6.33. The van der Waals surface area contributed by atoms with Gasteiger partial charge in [-0.1, -0.05) is 41.9 Å². The quantitative estimate of drug-likeness (QED) is 0.781. The van der Waals surface area contributed by atoms with Gasteiger partial charge in [-0.2, -0.15) is 0 Å². The van der Waals surface area contributed by atoms with Gasteiger partial charge in [0.05, 0.1) is 10.6 Å². The Morgan fingerprint density at radius 1 is 1.21 bits per heavy atom. The van der Waals surface area contributed by atoms with Crippen LogP contribution in [0.15, 0.2) is 42.5 Å². The summed E-state index contributed by atoms with van der Waals surface area (Å²) in [6.45, 7) is 5.03. The summed E-state index contributed by atoms with van der Waals surface area (Å²) in [4.78, 5) is 12.6. The molecule has 0 aliphatic rings. The average Bonchev–Trinajstić information content (AvgIpc) is 2.55. The van der Waals surface area contributed by atoms with Gasteiger partial charge in [-0.3, -0.25) is 4.79 Å². The van der Waals surface area contributed by atoms with Crippen LogP contribution >= 0.6 is 11.6 Å². The van der Waals surface area contributed by atoms with Gasteiger partial charge >= 0.3 is 0 Å². The van der Waals surface area contributed by atoms with Crippen molar-refractivity contribution in [2.75, 3.05) is 6.61 Å². The van der Waals surface area contributed by atoms with Crippen molar-refractivity contribution in [3.63, 3.8) is 0 Å². The molecule has 0 radical (unpaired) electrons. The molecular weight excluding hydrogens is 328 g/mol. The number of aliphatic hydroxyl groups excluding tert-OH is 1. The van der Waals surface area contributed by atoms with E-state index in [4.69, 9.17) is 16.3 Å². The summed E-state index contributed by atoms with van der Waals surface area (Å²) in [6.07, 6.45) is -1.25. The predicted molar refractivity (Wildman–Crippen MR) is 93.7 cm³/mol. The van der Waals surface area contributed by atoms with Crippen LogP contribution in [0.3, 0.4) is 0 Å². The summed E-state index contributed by atoms with van der Waals surface area (Å²) in [5.74, 6) is -0.0309. The Hall–Kier alpha value is -1.88. The van der Waals surface area contributed by atoms with Crippen LogP contribution in [0, 0.1) is 6.92 Å². The van der Waals surface area contributed by atoms with Crippen molar-refractivity contribution in [2.24, 2.45) is 0 Å². The normalized spacial score (nSPS) is 12.8. The molecule has 1 atom stereocenters. The number of carbonyl (C=O) groups is 1. The van der Waals surface area contributed by atoms with Crippen LogP contribution in [0.25, 0.3) is 0 Å². The summed E-state index contributed by atoms with van der Waals surface area (Å²) in [6, 6.07) is 11.9. The molecule has 0 aliphatic carbocycles. The van der Waals surface area contributed by atoms with Crippen LogP contribution in [-0.4, -0.2) is 28.2 Å². The first-order valence-corrected chi connectivity index (χ1v) is 8.00. The Kier molecular flexibility index (Phi) is 5.65. The lowest BCUT2D eigenvalue weighted by molar-refractivity contribution is 0.0285. The first-order valence-electron chi connectivity index (χ1n) is 7.62. The molecule has 0 saturated carbocycles. The average molecular weight is 349 g/mol. The number of rotatable bonds is 6. The zero-order valence-corrected chi connectivity index (χ0v) is 14.7. The molecule has 2 aromatic rings. The Balaban J connectivity index is 2.25. The zero-order chi connectivity index (χ0) is 17.9. The zero-order valence-electron chi connectivity index (χ0n) is 13.9. The van der Waals surface area contributed by atoms with Crippen molar-refractivity contribution < 1.29 is 19.7 Å². The van der Waals surface area contributed by atoms with E-state index in [0.717, 1.165) is 0 Å². The van der Waals surface area contributed by atoms with E-state index >= 15 is 0 Å². The molecule has 2 rings (SSSR count). The van der Waals surface area contributed by atoms with Gasteiger partial charge in [0.2, 0.25) is 0 Å². The van der Waals surface area contributed by atoms with E-state index in [1.807, 2.05) is 6.07 Å². The fourth-order valence-corrected chi connectivity index (χ4v) is 2.45. The molecule has 0 heterocycles. The second-order valence-corrected chi connectivity index (χ2v) is 6.71. The van der Waals surface area contributed by atoms with Crippen molar-refractivity contribution in [2.45, 2.75) is 32.5 Å². The molecule has 0 saturated heterocycles. The smallest absolute Gasteiger partial charge is 0.196 e. The van der Waals surface area contributed by atoms with E-state index in [0.29, 0.717) is 27.5 Å². The summed E-state index contributed by atoms with van der Waals surface area (Å²) >= 11 is 6.28. The Bertz CT molecular complexity index is 720. The standard InChI is InChI=1S/C19H21ClO4/c1-12-14(18(22)17(21)13-7-5-4-6-8-13)9-10-15(16(12)20)24-11-19(2,3)23/h4-10,17,21,23H,11H2,1-3H3. The molecule has 0 bridgehead atoms. The predicted octanol–water partition coefficient (Wildman–Crippen LogP) is 3.71. The van der Waals surface area contributed by atoms with Crippen LogP contribution in [0.2, 0.25) is 5.02 Å². The molecule has 1 unspecified atom stereocenters. The maximum atomic E-state index is 12.6. The van der Waals surface area contributed by atoms with E-state index in [9.17, 15) is 15.0 Å². The number of aliphatic hydroxyl groups is 2. The van der Waals surface area contributed by atoms with Crippen molar-refractivity contribution in [1.29, 1.82) is 0 Å². The second kappa shape index (κ2) is 7.34. The van der Waals surface area contributed by atoms with Crippen LogP contribution in [0.4, 0.5) is 0 Å². The highest BCUT2D eigenvalue weighted by molar-refractivity contribution is 6.33. The van der Waals surface area contributed by atoms with Crippen molar-refractivity contribution >= 4 is 17.4 Å². The minimum absolute atomic E-state index is 0.0755. The molecule has 5 heteroatoms. The number of ketones is 1. The SMILES string of the molecule is Cc1c(C(=O)C(O)c2ccccc2)ccc(OCC(C)(C)O)c1Cl. The van der Waals surface area contributed by atoms with Crippen LogP contribution in [0.5, 0.6) is 5.75 Å². The van der Waals surface area contributed by atoms with Gasteiger partial charge < -0.3 is 14.9 Å². The largest absolute Gasteiger partial charge is 0.489 e. The molecule has 0 spiro atoms. The molecule has 128 valence electrons. The van der Waals surface area contributed by atoms with Crippen LogP contribution in [0.1, 0.15) is 41.4 Å². The highest BCUT2D eigenvalue weighted by atomic mass is 35.5. The third-order valence-electron chi connectivity index (χ3n) is 3.56. The topological polar surface area (TPSA) is 66.8 Å². The van der Waals surface area contributed by atoms with E-state index in [2.05, 4.69) is 0 Å². The first-order chi connectivity index (χ1) is 11.2. The van der Waals surface area contributed by atoms with Gasteiger partial charge in [-0.15, -0.1) is 0 Å². The number of ether oxygens (including phenoxy) is 1. The monoisotopic (exact) mass is 348 g/mol. The van der Waals surface area contributed by atoms with E-state index < -0.39 is 17.5 Å². The fourth-order valence-electron chi connectivity index (χ4n) is 2.23. The molecule has 2 aromatic carbocycles. The number of Topliss-reactive ketones (excluding diaryl/α,β-unsaturated/α-hetero) is 1. The third-order valence-corrected chi connectivity index (χ3v) is 4.03. The van der Waals surface area contributed by atoms with Crippen molar-refractivity contribution in [3.05, 3.63) is 64.2 Å². The molecule has 0 aliphatic heterocycles. The highest BCUT2D eigenvalue weighted by Crippen LogP contribution is 2.32. The van der Waals surface area contributed by atoms with Gasteiger partial charge in [0.25, 0.3) is 0 Å². The third kappa shape index (κ3) is 4.35. The van der Waals surface area contributed by atoms with Gasteiger partial charge in [0.1, 0.15) is 18.5 Å². The minimum Gasteiger partial charge on any atom is -0.489 e. The molecule has 2 N–H and O–H groups in total. The van der Waals surface area contributed by atoms with Crippen molar-refractivity contribution in [3.8, 4) is 5.75 Å². The molecule has 0 fully saturated rings. The number of halogens is 1. The van der Waals surface area contributed by atoms with E-state index in [-0.39, 0.29) is 6.61 Å². The Labute approximate surface area is 146 Å². The van der Waals surface area contributed by atoms with Crippen LogP contribution in [-0.2, 0) is 0 Å². The lowest BCUT2D eigenvalue weighted by Gasteiger charge is -2.20. The van der Waals surface area contributed by atoms with E-state index in [1.54, 1.807) is 57.2 Å². The molecule has 0 amide bonds.